The summed E-state index contributed by atoms with van der Waals surface area (Å²) in [6, 6.07) is 11.6. The number of phenols is 1. The van der Waals surface area contributed by atoms with Crippen molar-refractivity contribution in [3.8, 4) is 17.0 Å². The molecule has 1 saturated carbocycles. The third kappa shape index (κ3) is 12.2. The van der Waals surface area contributed by atoms with Crippen molar-refractivity contribution >= 4 is 35.2 Å². The average molecular weight is 676 g/mol. The minimum Gasteiger partial charge on any atom is -0.508 e. The zero-order valence-electron chi connectivity index (χ0n) is 23.8. The molecule has 0 spiro atoms. The van der Waals surface area contributed by atoms with Crippen LogP contribution in [0.15, 0.2) is 53.5 Å². The van der Waals surface area contributed by atoms with Gasteiger partial charge in [0.15, 0.2) is 5.82 Å². The predicted molar refractivity (Wildman–Crippen MR) is 153 cm³/mol. The highest BCUT2D eigenvalue weighted by molar-refractivity contribution is 5.94. The Balaban J connectivity index is 0.000000459. The van der Waals surface area contributed by atoms with Crippen LogP contribution in [0.5, 0.6) is 5.75 Å². The molecule has 14 nitrogen and oxygen atoms in total. The number of amides is 1. The molecule has 0 bridgehead atoms. The lowest BCUT2D eigenvalue weighted by atomic mass is 10.1. The number of nitrogen functional groups attached to an aromatic ring is 2. The predicted octanol–water partition coefficient (Wildman–Crippen LogP) is 2.64. The van der Waals surface area contributed by atoms with E-state index in [9.17, 15) is 41.0 Å². The van der Waals surface area contributed by atoms with Gasteiger partial charge in [0.25, 0.3) is 5.56 Å². The molecule has 1 heterocycles. The first-order chi connectivity index (χ1) is 21.7. The van der Waals surface area contributed by atoms with Crippen LogP contribution in [0.1, 0.15) is 24.0 Å². The first kappa shape index (κ1) is 37.4. The summed E-state index contributed by atoms with van der Waals surface area (Å²) in [4.78, 5) is 47.9. The number of aromatic nitrogens is 2. The number of amidine groups is 1. The van der Waals surface area contributed by atoms with Crippen LogP contribution in [0, 0.1) is 5.41 Å². The zero-order chi connectivity index (χ0) is 35.7. The molecular weight excluding hydrogens is 648 g/mol. The zero-order valence-corrected chi connectivity index (χ0v) is 23.8. The SMILES string of the molecule is N=C(N)c1ccc(CNC(=O)Cn2c(-c3cc(N)cc(O)c3)cnc(NC3CC3)c2=O)cc1.O=C(O)C(F)(F)F.O=C(O)C(F)(F)F. The molecule has 1 amide bonds. The van der Waals surface area contributed by atoms with E-state index in [2.05, 4.69) is 15.6 Å². The quantitative estimate of drug-likeness (QED) is 0.0746. The van der Waals surface area contributed by atoms with Crippen molar-refractivity contribution < 1.29 is 56.0 Å². The van der Waals surface area contributed by atoms with E-state index in [1.165, 1.54) is 22.9 Å². The summed E-state index contributed by atoms with van der Waals surface area (Å²) in [6.07, 6.45) is -6.74. The Morgan fingerprint density at radius 2 is 1.51 bits per heavy atom. The van der Waals surface area contributed by atoms with E-state index < -0.39 is 29.9 Å². The lowest BCUT2D eigenvalue weighted by Crippen LogP contribution is -2.34. The van der Waals surface area contributed by atoms with E-state index in [4.69, 9.17) is 36.7 Å². The normalized spacial score (nSPS) is 12.4. The van der Waals surface area contributed by atoms with E-state index in [0.29, 0.717) is 22.5 Å². The second kappa shape index (κ2) is 15.5. The van der Waals surface area contributed by atoms with E-state index in [-0.39, 0.29) is 42.4 Å². The molecule has 0 radical (unpaired) electrons. The lowest BCUT2D eigenvalue weighted by Gasteiger charge is -2.15. The second-order valence-electron chi connectivity index (χ2n) is 9.61. The summed E-state index contributed by atoms with van der Waals surface area (Å²) in [5.41, 5.74) is 13.5. The van der Waals surface area contributed by atoms with Gasteiger partial charge in [0.2, 0.25) is 5.91 Å². The van der Waals surface area contributed by atoms with Gasteiger partial charge < -0.3 is 37.4 Å². The first-order valence-corrected chi connectivity index (χ1v) is 13.0. The van der Waals surface area contributed by atoms with Gasteiger partial charge in [-0.1, -0.05) is 24.3 Å². The number of hydrogen-bond donors (Lipinski definition) is 8. The van der Waals surface area contributed by atoms with Gasteiger partial charge in [-0.2, -0.15) is 26.3 Å². The van der Waals surface area contributed by atoms with Crippen molar-refractivity contribution in [2.75, 3.05) is 11.1 Å². The number of phenolic OH excluding ortho intramolecular Hbond substituents is 1. The molecule has 47 heavy (non-hydrogen) atoms. The van der Waals surface area contributed by atoms with Crippen molar-refractivity contribution in [1.29, 1.82) is 5.41 Å². The number of carbonyl (C=O) groups is 3. The molecule has 0 aliphatic heterocycles. The van der Waals surface area contributed by atoms with Crippen LogP contribution in [0.3, 0.4) is 0 Å². The maximum atomic E-state index is 13.1. The van der Waals surface area contributed by atoms with Crippen LogP contribution in [0.25, 0.3) is 11.3 Å². The average Bonchev–Trinajstić information content (AvgIpc) is 3.77. The van der Waals surface area contributed by atoms with Gasteiger partial charge in [-0.3, -0.25) is 19.6 Å². The number of nitrogens with zero attached hydrogens (tertiary/aromatic N) is 2. The Bertz CT molecular complexity index is 1630. The molecule has 1 aliphatic carbocycles. The smallest absolute Gasteiger partial charge is 0.490 e. The van der Waals surface area contributed by atoms with Crippen LogP contribution in [0.4, 0.5) is 37.8 Å². The Morgan fingerprint density at radius 1 is 0.979 bits per heavy atom. The van der Waals surface area contributed by atoms with Crippen molar-refractivity contribution in [2.24, 2.45) is 5.73 Å². The van der Waals surface area contributed by atoms with Gasteiger partial charge in [-0.05, 0) is 30.5 Å². The Labute approximate surface area is 260 Å². The number of anilines is 2. The minimum absolute atomic E-state index is 0.0293. The second-order valence-corrected chi connectivity index (χ2v) is 9.61. The third-order valence-electron chi connectivity index (χ3n) is 5.75. The van der Waals surface area contributed by atoms with E-state index >= 15 is 0 Å². The summed E-state index contributed by atoms with van der Waals surface area (Å²) in [5, 5.41) is 37.5. The number of hydrogen-bond acceptors (Lipinski definition) is 9. The molecule has 254 valence electrons. The number of carboxylic acids is 2. The number of carboxylic acid groups (broad SMARTS) is 2. The van der Waals surface area contributed by atoms with E-state index in [1.807, 2.05) is 0 Å². The Hall–Kier alpha value is -5.82. The minimum atomic E-state index is -5.08. The first-order valence-electron chi connectivity index (χ1n) is 13.0. The molecule has 0 unspecified atom stereocenters. The Morgan fingerprint density at radius 3 is 1.96 bits per heavy atom. The molecule has 20 heteroatoms. The summed E-state index contributed by atoms with van der Waals surface area (Å²) >= 11 is 0. The van der Waals surface area contributed by atoms with Crippen LogP contribution in [0.2, 0.25) is 0 Å². The number of rotatable bonds is 8. The number of benzene rings is 2. The monoisotopic (exact) mass is 675 g/mol. The molecule has 10 N–H and O–H groups in total. The molecule has 1 aliphatic rings. The molecule has 3 aromatic rings. The van der Waals surface area contributed by atoms with Crippen LogP contribution in [-0.2, 0) is 27.5 Å². The third-order valence-corrected chi connectivity index (χ3v) is 5.75. The maximum Gasteiger partial charge on any atom is 0.490 e. The van der Waals surface area contributed by atoms with Gasteiger partial charge in [0, 0.05) is 35.5 Å². The number of aromatic hydroxyl groups is 1. The number of alkyl halides is 6. The van der Waals surface area contributed by atoms with Crippen molar-refractivity contribution in [1.82, 2.24) is 14.9 Å². The molecule has 2 aromatic carbocycles. The van der Waals surface area contributed by atoms with Crippen LogP contribution >= 0.6 is 0 Å². The van der Waals surface area contributed by atoms with Gasteiger partial charge in [0.05, 0.1) is 11.9 Å². The highest BCUT2D eigenvalue weighted by Gasteiger charge is 2.38. The lowest BCUT2D eigenvalue weighted by molar-refractivity contribution is -0.193. The van der Waals surface area contributed by atoms with Gasteiger partial charge in [-0.25, -0.2) is 14.6 Å². The largest absolute Gasteiger partial charge is 0.508 e. The highest BCUT2D eigenvalue weighted by Crippen LogP contribution is 2.27. The van der Waals surface area contributed by atoms with Crippen LogP contribution < -0.4 is 27.7 Å². The van der Waals surface area contributed by atoms with Crippen molar-refractivity contribution in [3.05, 3.63) is 70.1 Å². The van der Waals surface area contributed by atoms with Gasteiger partial charge in [-0.15, -0.1) is 0 Å². The molecule has 0 saturated heterocycles. The number of halogens is 6. The molecular formula is C27H27F6N7O7. The van der Waals surface area contributed by atoms with Crippen LogP contribution in [-0.4, -0.2) is 66.9 Å². The fourth-order valence-electron chi connectivity index (χ4n) is 3.38. The topological polar surface area (TPSA) is 247 Å². The summed E-state index contributed by atoms with van der Waals surface area (Å²) in [7, 11) is 0. The number of carbonyl (C=O) groups excluding carboxylic acids is 1. The molecule has 1 aromatic heterocycles. The molecule has 0 atom stereocenters. The maximum absolute atomic E-state index is 13.1. The van der Waals surface area contributed by atoms with Crippen molar-refractivity contribution in [2.45, 2.75) is 44.3 Å². The van der Waals surface area contributed by atoms with E-state index in [1.54, 1.807) is 30.3 Å². The van der Waals surface area contributed by atoms with Crippen molar-refractivity contribution in [3.63, 3.8) is 0 Å². The van der Waals surface area contributed by atoms with E-state index in [0.717, 1.165) is 18.4 Å². The summed E-state index contributed by atoms with van der Waals surface area (Å²) < 4.78 is 64.8. The molecule has 1 fully saturated rings. The van der Waals surface area contributed by atoms with Gasteiger partial charge in [0.1, 0.15) is 18.1 Å². The number of nitrogens with one attached hydrogen (secondary N) is 3. The standard InChI is InChI=1S/C23H25N7O3.2C2HF3O2/c24-16-7-15(8-18(31)9-16)19-11-28-22(29-17-5-6-17)23(33)30(19)12-20(32)27-10-13-1-3-14(4-2-13)21(25)26;2*3-2(4,5)1(6)7/h1-4,7-9,11,17,31H,5-6,10,12,24H2,(H3,25,26)(H,27,32)(H,28,29);2*(H,6,7). The fraction of sp³-hybridized carbons (Fsp3) is 0.259. The number of nitrogens with two attached hydrogens (primary N) is 2. The molecule has 4 rings (SSSR count). The fourth-order valence-corrected chi connectivity index (χ4v) is 3.38. The highest BCUT2D eigenvalue weighted by atomic mass is 19.4. The number of aliphatic carboxylic acids is 2. The summed E-state index contributed by atoms with van der Waals surface area (Å²) in [6.45, 7) is 0.00949. The Kier molecular flexibility index (Phi) is 12.3. The summed E-state index contributed by atoms with van der Waals surface area (Å²) in [5.74, 6) is -5.78. The van der Waals surface area contributed by atoms with Gasteiger partial charge >= 0.3 is 24.3 Å².